The lowest BCUT2D eigenvalue weighted by Crippen LogP contribution is -2.38. The van der Waals surface area contributed by atoms with Crippen molar-refractivity contribution in [2.24, 2.45) is 11.3 Å². The minimum Gasteiger partial charge on any atom is -0.366 e. The van der Waals surface area contributed by atoms with Crippen LogP contribution in [-0.2, 0) is 0 Å². The Hall–Kier alpha value is -1.91. The van der Waals surface area contributed by atoms with Crippen LogP contribution in [0.25, 0.3) is 0 Å². The van der Waals surface area contributed by atoms with Crippen LogP contribution in [0.2, 0.25) is 0 Å². The average molecular weight is 290 g/mol. The molecule has 1 aliphatic heterocycles. The molecule has 21 heavy (non-hydrogen) atoms. The summed E-state index contributed by atoms with van der Waals surface area (Å²) in [5, 5.41) is 11.2. The maximum absolute atomic E-state index is 11.2. The monoisotopic (exact) mass is 290 g/mol. The Morgan fingerprint density at radius 3 is 2.38 bits per heavy atom. The standard InChI is InChI=1S/C16H22N2O3/c1-16(2,3)13-6-8-17(9-7-13)14-5-4-12(11-19)10-15(14)18(20)21/h4-5,10-11,13H,6-9H2,1-3H3. The van der Waals surface area contributed by atoms with Crippen LogP contribution < -0.4 is 4.90 Å². The Morgan fingerprint density at radius 1 is 1.29 bits per heavy atom. The molecule has 114 valence electrons. The number of nitro groups is 1. The fourth-order valence-corrected chi connectivity index (χ4v) is 3.01. The first kappa shape index (κ1) is 15.5. The van der Waals surface area contributed by atoms with Crippen LogP contribution in [0, 0.1) is 21.4 Å². The molecule has 1 saturated heterocycles. The van der Waals surface area contributed by atoms with E-state index in [0.29, 0.717) is 23.5 Å². The molecular formula is C16H22N2O3. The number of benzene rings is 1. The van der Waals surface area contributed by atoms with Crippen LogP contribution in [0.3, 0.4) is 0 Å². The zero-order chi connectivity index (χ0) is 15.6. The van der Waals surface area contributed by atoms with Gasteiger partial charge in [0.2, 0.25) is 0 Å². The molecule has 0 amide bonds. The van der Waals surface area contributed by atoms with Crippen LogP contribution in [-0.4, -0.2) is 24.3 Å². The molecule has 0 atom stereocenters. The zero-order valence-corrected chi connectivity index (χ0v) is 12.8. The SMILES string of the molecule is CC(C)(C)C1CCN(c2ccc(C=O)cc2[N+](=O)[O-])CC1. The fourth-order valence-electron chi connectivity index (χ4n) is 3.01. The third-order valence-electron chi connectivity index (χ3n) is 4.39. The predicted molar refractivity (Wildman–Crippen MR) is 82.9 cm³/mol. The van der Waals surface area contributed by atoms with E-state index < -0.39 is 4.92 Å². The first-order chi connectivity index (χ1) is 9.82. The van der Waals surface area contributed by atoms with Gasteiger partial charge in [-0.05, 0) is 36.3 Å². The molecular weight excluding hydrogens is 268 g/mol. The molecule has 0 unspecified atom stereocenters. The Balaban J connectivity index is 2.20. The summed E-state index contributed by atoms with van der Waals surface area (Å²) in [5.41, 5.74) is 1.26. The molecule has 0 saturated carbocycles. The summed E-state index contributed by atoms with van der Waals surface area (Å²) in [6, 6.07) is 4.70. The molecule has 5 heteroatoms. The number of carbonyl (C=O) groups excluding carboxylic acids is 1. The third-order valence-corrected chi connectivity index (χ3v) is 4.39. The van der Waals surface area contributed by atoms with E-state index >= 15 is 0 Å². The van der Waals surface area contributed by atoms with Gasteiger partial charge in [0.05, 0.1) is 4.92 Å². The van der Waals surface area contributed by atoms with E-state index in [-0.39, 0.29) is 11.1 Å². The minimum absolute atomic E-state index is 0.0220. The van der Waals surface area contributed by atoms with Crippen molar-refractivity contribution in [3.63, 3.8) is 0 Å². The van der Waals surface area contributed by atoms with Gasteiger partial charge in [-0.3, -0.25) is 14.9 Å². The fraction of sp³-hybridized carbons (Fsp3) is 0.562. The van der Waals surface area contributed by atoms with Crippen LogP contribution in [0.1, 0.15) is 44.0 Å². The van der Waals surface area contributed by atoms with Gasteiger partial charge in [0.25, 0.3) is 5.69 Å². The second-order valence-corrected chi connectivity index (χ2v) is 6.75. The van der Waals surface area contributed by atoms with Crippen molar-refractivity contribution in [3.8, 4) is 0 Å². The first-order valence-corrected chi connectivity index (χ1v) is 7.31. The number of piperidine rings is 1. The zero-order valence-electron chi connectivity index (χ0n) is 12.8. The Kier molecular flexibility index (Phi) is 4.30. The van der Waals surface area contributed by atoms with Crippen LogP contribution in [0.15, 0.2) is 18.2 Å². The molecule has 1 heterocycles. The van der Waals surface area contributed by atoms with Crippen molar-refractivity contribution in [2.75, 3.05) is 18.0 Å². The molecule has 1 fully saturated rings. The van der Waals surface area contributed by atoms with E-state index in [1.165, 1.54) is 6.07 Å². The van der Waals surface area contributed by atoms with Crippen LogP contribution >= 0.6 is 0 Å². The number of carbonyl (C=O) groups is 1. The molecule has 0 bridgehead atoms. The van der Waals surface area contributed by atoms with E-state index in [1.54, 1.807) is 12.1 Å². The summed E-state index contributed by atoms with van der Waals surface area (Å²) in [7, 11) is 0. The number of hydrogen-bond acceptors (Lipinski definition) is 4. The molecule has 2 rings (SSSR count). The van der Waals surface area contributed by atoms with E-state index in [9.17, 15) is 14.9 Å². The van der Waals surface area contributed by atoms with Gasteiger partial charge in [-0.1, -0.05) is 20.8 Å². The van der Waals surface area contributed by atoms with E-state index in [4.69, 9.17) is 0 Å². The van der Waals surface area contributed by atoms with Crippen LogP contribution in [0.4, 0.5) is 11.4 Å². The normalized spacial score (nSPS) is 16.8. The number of hydrogen-bond donors (Lipinski definition) is 0. The van der Waals surface area contributed by atoms with Gasteiger partial charge in [0, 0.05) is 24.7 Å². The van der Waals surface area contributed by atoms with E-state index in [1.807, 2.05) is 0 Å². The minimum atomic E-state index is -0.405. The lowest BCUT2D eigenvalue weighted by atomic mass is 9.75. The second kappa shape index (κ2) is 5.84. The van der Waals surface area contributed by atoms with Crippen molar-refractivity contribution in [1.29, 1.82) is 0 Å². The maximum Gasteiger partial charge on any atom is 0.293 e. The molecule has 0 aliphatic carbocycles. The van der Waals surface area contributed by atoms with Crippen molar-refractivity contribution < 1.29 is 9.72 Å². The molecule has 1 aromatic carbocycles. The highest BCUT2D eigenvalue weighted by Crippen LogP contribution is 2.37. The highest BCUT2D eigenvalue weighted by atomic mass is 16.6. The molecule has 1 aliphatic rings. The Labute approximate surface area is 125 Å². The number of anilines is 1. The number of nitrogens with zero attached hydrogens (tertiary/aromatic N) is 2. The van der Waals surface area contributed by atoms with E-state index in [0.717, 1.165) is 25.9 Å². The summed E-state index contributed by atoms with van der Waals surface area (Å²) in [4.78, 5) is 23.7. The Bertz CT molecular complexity index is 541. The highest BCUT2D eigenvalue weighted by Gasteiger charge is 2.30. The predicted octanol–water partition coefficient (Wildman–Crippen LogP) is 3.67. The molecule has 0 aromatic heterocycles. The van der Waals surface area contributed by atoms with Gasteiger partial charge in [0.1, 0.15) is 12.0 Å². The van der Waals surface area contributed by atoms with Crippen LogP contribution in [0.5, 0.6) is 0 Å². The third kappa shape index (κ3) is 3.40. The highest BCUT2D eigenvalue weighted by molar-refractivity contribution is 5.79. The molecule has 0 spiro atoms. The van der Waals surface area contributed by atoms with Gasteiger partial charge in [-0.15, -0.1) is 0 Å². The van der Waals surface area contributed by atoms with E-state index in [2.05, 4.69) is 25.7 Å². The Morgan fingerprint density at radius 2 is 1.90 bits per heavy atom. The summed E-state index contributed by atoms with van der Waals surface area (Å²) in [6.07, 6.45) is 2.72. The summed E-state index contributed by atoms with van der Waals surface area (Å²) < 4.78 is 0. The van der Waals surface area contributed by atoms with Crippen molar-refractivity contribution >= 4 is 17.7 Å². The second-order valence-electron chi connectivity index (χ2n) is 6.75. The smallest absolute Gasteiger partial charge is 0.293 e. The lowest BCUT2D eigenvalue weighted by molar-refractivity contribution is -0.384. The summed E-state index contributed by atoms with van der Waals surface area (Å²) in [5.74, 6) is 0.641. The number of aldehydes is 1. The topological polar surface area (TPSA) is 63.5 Å². The average Bonchev–Trinajstić information content (AvgIpc) is 2.45. The van der Waals surface area contributed by atoms with Gasteiger partial charge < -0.3 is 4.90 Å². The maximum atomic E-state index is 11.2. The van der Waals surface area contributed by atoms with Gasteiger partial charge in [-0.25, -0.2) is 0 Å². The molecule has 5 nitrogen and oxygen atoms in total. The lowest BCUT2D eigenvalue weighted by Gasteiger charge is -2.39. The van der Waals surface area contributed by atoms with Crippen molar-refractivity contribution in [1.82, 2.24) is 0 Å². The summed E-state index contributed by atoms with van der Waals surface area (Å²) in [6.45, 7) is 8.38. The van der Waals surface area contributed by atoms with Gasteiger partial charge in [-0.2, -0.15) is 0 Å². The molecule has 0 N–H and O–H groups in total. The quantitative estimate of drug-likeness (QED) is 0.484. The van der Waals surface area contributed by atoms with Crippen molar-refractivity contribution in [2.45, 2.75) is 33.6 Å². The largest absolute Gasteiger partial charge is 0.366 e. The van der Waals surface area contributed by atoms with Crippen molar-refractivity contribution in [3.05, 3.63) is 33.9 Å². The van der Waals surface area contributed by atoms with Gasteiger partial charge >= 0.3 is 0 Å². The number of nitro benzene ring substituents is 1. The molecule has 0 radical (unpaired) electrons. The molecule has 1 aromatic rings. The van der Waals surface area contributed by atoms with Gasteiger partial charge in [0.15, 0.2) is 0 Å². The number of rotatable bonds is 3. The summed E-state index contributed by atoms with van der Waals surface area (Å²) >= 11 is 0. The first-order valence-electron chi connectivity index (χ1n) is 7.31.